The highest BCUT2D eigenvalue weighted by Gasteiger charge is 2.17. The summed E-state index contributed by atoms with van der Waals surface area (Å²) in [5, 5.41) is 0.508. The van der Waals surface area contributed by atoms with Crippen LogP contribution in [0.4, 0.5) is 0 Å². The van der Waals surface area contributed by atoms with Crippen LogP contribution in [-0.2, 0) is 10.0 Å². The van der Waals surface area contributed by atoms with Crippen LogP contribution < -0.4 is 4.72 Å². The van der Waals surface area contributed by atoms with Crippen molar-refractivity contribution in [2.24, 2.45) is 0 Å². The van der Waals surface area contributed by atoms with E-state index in [-0.39, 0.29) is 21.8 Å². The molecule has 1 N–H and O–H groups in total. The first-order valence-corrected chi connectivity index (χ1v) is 7.17. The van der Waals surface area contributed by atoms with E-state index in [9.17, 15) is 8.42 Å². The Morgan fingerprint density at radius 1 is 1.31 bits per heavy atom. The molecule has 0 aliphatic rings. The van der Waals surface area contributed by atoms with Crippen LogP contribution in [0.25, 0.3) is 0 Å². The number of benzene rings is 1. The van der Waals surface area contributed by atoms with Crippen LogP contribution in [0.1, 0.15) is 6.92 Å². The van der Waals surface area contributed by atoms with Crippen molar-refractivity contribution in [1.82, 2.24) is 4.72 Å². The van der Waals surface area contributed by atoms with E-state index in [2.05, 4.69) is 4.72 Å². The molecule has 0 spiro atoms. The number of hydrogen-bond donors (Lipinski definition) is 1. The van der Waals surface area contributed by atoms with Crippen LogP contribution in [0.2, 0.25) is 10.0 Å². The van der Waals surface area contributed by atoms with Crippen molar-refractivity contribution in [1.29, 1.82) is 0 Å². The van der Waals surface area contributed by atoms with Gasteiger partial charge in [-0.2, -0.15) is 0 Å². The third-order valence-corrected chi connectivity index (χ3v) is 4.58. The second kappa shape index (κ2) is 5.56. The van der Waals surface area contributed by atoms with Gasteiger partial charge in [0.2, 0.25) is 10.0 Å². The fourth-order valence-corrected chi connectivity index (χ4v) is 2.81. The van der Waals surface area contributed by atoms with E-state index in [4.69, 9.17) is 34.8 Å². The van der Waals surface area contributed by atoms with Gasteiger partial charge in [0.1, 0.15) is 0 Å². The molecule has 0 amide bonds. The molecule has 90 valence electrons. The summed E-state index contributed by atoms with van der Waals surface area (Å²) in [6.07, 6.45) is 0. The number of sulfonamides is 1. The van der Waals surface area contributed by atoms with Crippen molar-refractivity contribution in [2.45, 2.75) is 17.9 Å². The standard InChI is InChI=1S/C9H10Cl3NO2S/c1-6(5-10)13-16(14,15)7-2-3-8(11)9(12)4-7/h2-4,6,13H,5H2,1H3. The maximum atomic E-state index is 11.8. The molecule has 0 aliphatic heterocycles. The van der Waals surface area contributed by atoms with Gasteiger partial charge in [-0.25, -0.2) is 13.1 Å². The summed E-state index contributed by atoms with van der Waals surface area (Å²) in [5.41, 5.74) is 0. The molecule has 1 aromatic rings. The van der Waals surface area contributed by atoms with E-state index in [0.29, 0.717) is 5.02 Å². The van der Waals surface area contributed by atoms with Crippen molar-refractivity contribution in [3.05, 3.63) is 28.2 Å². The maximum absolute atomic E-state index is 11.8. The smallest absolute Gasteiger partial charge is 0.207 e. The molecule has 0 aromatic heterocycles. The van der Waals surface area contributed by atoms with Crippen LogP contribution in [0.5, 0.6) is 0 Å². The fraction of sp³-hybridized carbons (Fsp3) is 0.333. The lowest BCUT2D eigenvalue weighted by molar-refractivity contribution is 0.570. The van der Waals surface area contributed by atoms with E-state index in [0.717, 1.165) is 0 Å². The summed E-state index contributed by atoms with van der Waals surface area (Å²) in [4.78, 5) is 0.0684. The zero-order chi connectivity index (χ0) is 12.3. The van der Waals surface area contributed by atoms with Crippen LogP contribution in [-0.4, -0.2) is 20.3 Å². The predicted octanol–water partition coefficient (Wildman–Crippen LogP) is 2.90. The summed E-state index contributed by atoms with van der Waals surface area (Å²) in [6, 6.07) is 3.77. The summed E-state index contributed by atoms with van der Waals surface area (Å²) in [7, 11) is -3.59. The van der Waals surface area contributed by atoms with Crippen LogP contribution in [0.3, 0.4) is 0 Å². The van der Waals surface area contributed by atoms with E-state index < -0.39 is 10.0 Å². The molecule has 0 aliphatic carbocycles. The molecule has 1 unspecified atom stereocenters. The maximum Gasteiger partial charge on any atom is 0.240 e. The van der Waals surface area contributed by atoms with Gasteiger partial charge in [-0.15, -0.1) is 11.6 Å². The van der Waals surface area contributed by atoms with E-state index in [1.165, 1.54) is 18.2 Å². The van der Waals surface area contributed by atoms with Crippen molar-refractivity contribution in [3.8, 4) is 0 Å². The van der Waals surface area contributed by atoms with Gasteiger partial charge in [0, 0.05) is 11.9 Å². The lowest BCUT2D eigenvalue weighted by Crippen LogP contribution is -2.33. The highest BCUT2D eigenvalue weighted by Crippen LogP contribution is 2.24. The van der Waals surface area contributed by atoms with Gasteiger partial charge in [-0.05, 0) is 25.1 Å². The number of alkyl halides is 1. The normalized spacial score (nSPS) is 13.8. The van der Waals surface area contributed by atoms with Crippen LogP contribution >= 0.6 is 34.8 Å². The molecule has 0 heterocycles. The average molecular weight is 303 g/mol. The van der Waals surface area contributed by atoms with E-state index >= 15 is 0 Å². The van der Waals surface area contributed by atoms with E-state index in [1.807, 2.05) is 0 Å². The first-order chi connectivity index (χ1) is 7.36. The average Bonchev–Trinajstić information content (AvgIpc) is 2.21. The van der Waals surface area contributed by atoms with Gasteiger partial charge in [-0.1, -0.05) is 23.2 Å². The Bertz CT molecular complexity index is 476. The summed E-state index contributed by atoms with van der Waals surface area (Å²) in [5.74, 6) is 0.195. The molecule has 0 fully saturated rings. The fourth-order valence-electron chi connectivity index (χ4n) is 1.01. The quantitative estimate of drug-likeness (QED) is 0.869. The Morgan fingerprint density at radius 3 is 2.44 bits per heavy atom. The molecule has 3 nitrogen and oxygen atoms in total. The molecule has 1 aromatic carbocycles. The zero-order valence-corrected chi connectivity index (χ0v) is 11.5. The molecule has 1 atom stereocenters. The largest absolute Gasteiger partial charge is 0.240 e. The van der Waals surface area contributed by atoms with Gasteiger partial charge < -0.3 is 0 Å². The van der Waals surface area contributed by atoms with Gasteiger partial charge >= 0.3 is 0 Å². The highest BCUT2D eigenvalue weighted by molar-refractivity contribution is 7.89. The van der Waals surface area contributed by atoms with Crippen molar-refractivity contribution in [2.75, 3.05) is 5.88 Å². The van der Waals surface area contributed by atoms with Gasteiger partial charge in [0.15, 0.2) is 0 Å². The predicted molar refractivity (Wildman–Crippen MR) is 67.0 cm³/mol. The summed E-state index contributed by atoms with van der Waals surface area (Å²) in [6.45, 7) is 1.67. The van der Waals surface area contributed by atoms with Crippen molar-refractivity contribution >= 4 is 44.8 Å². The Balaban J connectivity index is 3.03. The summed E-state index contributed by atoms with van der Waals surface area (Å²) >= 11 is 17.0. The topological polar surface area (TPSA) is 46.2 Å². The van der Waals surface area contributed by atoms with Crippen molar-refractivity contribution in [3.63, 3.8) is 0 Å². The van der Waals surface area contributed by atoms with Gasteiger partial charge in [0.05, 0.1) is 14.9 Å². The molecule has 16 heavy (non-hydrogen) atoms. The molecule has 7 heteroatoms. The molecule has 1 rings (SSSR count). The second-order valence-electron chi connectivity index (χ2n) is 3.25. The lowest BCUT2D eigenvalue weighted by atomic mass is 10.4. The SMILES string of the molecule is CC(CCl)NS(=O)(=O)c1ccc(Cl)c(Cl)c1. The molecule has 0 radical (unpaired) electrons. The van der Waals surface area contributed by atoms with Crippen molar-refractivity contribution < 1.29 is 8.42 Å². The lowest BCUT2D eigenvalue weighted by Gasteiger charge is -2.11. The van der Waals surface area contributed by atoms with E-state index in [1.54, 1.807) is 6.92 Å². The Labute approximate surface area is 110 Å². The highest BCUT2D eigenvalue weighted by atomic mass is 35.5. The Morgan fingerprint density at radius 2 is 1.94 bits per heavy atom. The van der Waals surface area contributed by atoms with Gasteiger partial charge in [0.25, 0.3) is 0 Å². The number of hydrogen-bond acceptors (Lipinski definition) is 2. The number of nitrogens with one attached hydrogen (secondary N) is 1. The number of halogens is 3. The molecular formula is C9H10Cl3NO2S. The van der Waals surface area contributed by atoms with Crippen LogP contribution in [0, 0.1) is 0 Å². The third-order valence-electron chi connectivity index (χ3n) is 1.79. The third kappa shape index (κ3) is 3.50. The molecular weight excluding hydrogens is 293 g/mol. The monoisotopic (exact) mass is 301 g/mol. The molecule has 0 bridgehead atoms. The van der Waals surface area contributed by atoms with Crippen LogP contribution in [0.15, 0.2) is 23.1 Å². The first kappa shape index (κ1) is 14.1. The summed E-state index contributed by atoms with van der Waals surface area (Å²) < 4.78 is 26.0. The minimum Gasteiger partial charge on any atom is -0.207 e. The Hall–Kier alpha value is -0.000000000000000111. The van der Waals surface area contributed by atoms with Gasteiger partial charge in [-0.3, -0.25) is 0 Å². The molecule has 0 saturated carbocycles. The molecule has 0 saturated heterocycles. The minimum atomic E-state index is -3.59. The first-order valence-electron chi connectivity index (χ1n) is 4.40. The zero-order valence-electron chi connectivity index (χ0n) is 8.38. The Kier molecular flexibility index (Phi) is 4.88. The number of rotatable bonds is 4. The second-order valence-corrected chi connectivity index (χ2v) is 6.09. The minimum absolute atomic E-state index is 0.0684.